The Hall–Kier alpha value is -1.83. The molecule has 0 spiro atoms. The van der Waals surface area contributed by atoms with Gasteiger partial charge in [0.25, 0.3) is 5.91 Å². The average molecular weight is 241 g/mol. The van der Waals surface area contributed by atoms with Crippen LogP contribution in [0.5, 0.6) is 0 Å². The Labute approximate surface area is 108 Å². The SMILES string of the molecule is CC(C)c1ccc2cc(C(=O)N(C)C)ccc2c1. The quantitative estimate of drug-likeness (QED) is 0.785. The molecule has 2 aromatic carbocycles. The summed E-state index contributed by atoms with van der Waals surface area (Å²) < 4.78 is 0. The Morgan fingerprint density at radius 1 is 1.00 bits per heavy atom. The molecule has 2 nitrogen and oxygen atoms in total. The second-order valence-corrected chi connectivity index (χ2v) is 5.18. The molecule has 18 heavy (non-hydrogen) atoms. The van der Waals surface area contributed by atoms with Crippen LogP contribution in [0.15, 0.2) is 36.4 Å². The molecule has 2 aromatic rings. The molecule has 0 heterocycles. The third-order valence-electron chi connectivity index (χ3n) is 3.18. The summed E-state index contributed by atoms with van der Waals surface area (Å²) in [4.78, 5) is 13.5. The molecule has 0 saturated heterocycles. The molecular formula is C16H19NO. The Kier molecular flexibility index (Phi) is 3.37. The lowest BCUT2D eigenvalue weighted by Crippen LogP contribution is -2.21. The van der Waals surface area contributed by atoms with Crippen molar-refractivity contribution >= 4 is 16.7 Å². The van der Waals surface area contributed by atoms with Crippen LogP contribution in [0.2, 0.25) is 0 Å². The molecule has 0 saturated carbocycles. The Bertz CT molecular complexity index is 585. The first-order valence-corrected chi connectivity index (χ1v) is 6.24. The van der Waals surface area contributed by atoms with Gasteiger partial charge in [-0.1, -0.05) is 38.1 Å². The Balaban J connectivity index is 2.47. The lowest BCUT2D eigenvalue weighted by molar-refractivity contribution is 0.0828. The topological polar surface area (TPSA) is 20.3 Å². The first-order valence-electron chi connectivity index (χ1n) is 6.24. The van der Waals surface area contributed by atoms with E-state index in [1.165, 1.54) is 10.9 Å². The van der Waals surface area contributed by atoms with Crippen molar-refractivity contribution in [1.29, 1.82) is 0 Å². The van der Waals surface area contributed by atoms with E-state index in [2.05, 4.69) is 32.0 Å². The van der Waals surface area contributed by atoms with Crippen LogP contribution >= 0.6 is 0 Å². The fourth-order valence-corrected chi connectivity index (χ4v) is 2.01. The van der Waals surface area contributed by atoms with E-state index in [0.29, 0.717) is 5.92 Å². The molecule has 0 aliphatic heterocycles. The van der Waals surface area contributed by atoms with E-state index in [-0.39, 0.29) is 5.91 Å². The van der Waals surface area contributed by atoms with Crippen molar-refractivity contribution in [1.82, 2.24) is 4.90 Å². The molecule has 2 heteroatoms. The lowest BCUT2D eigenvalue weighted by atomic mass is 9.98. The number of benzene rings is 2. The summed E-state index contributed by atoms with van der Waals surface area (Å²) in [6, 6.07) is 12.3. The molecule has 0 aromatic heterocycles. The van der Waals surface area contributed by atoms with E-state index in [0.717, 1.165) is 10.9 Å². The number of amides is 1. The van der Waals surface area contributed by atoms with Crippen molar-refractivity contribution in [2.24, 2.45) is 0 Å². The summed E-state index contributed by atoms with van der Waals surface area (Å²) in [7, 11) is 3.54. The second-order valence-electron chi connectivity index (χ2n) is 5.18. The zero-order valence-electron chi connectivity index (χ0n) is 11.4. The molecule has 0 fully saturated rings. The van der Waals surface area contributed by atoms with Gasteiger partial charge in [-0.25, -0.2) is 0 Å². The molecule has 2 rings (SSSR count). The minimum atomic E-state index is 0.0461. The molecular weight excluding hydrogens is 222 g/mol. The highest BCUT2D eigenvalue weighted by molar-refractivity contribution is 5.98. The van der Waals surface area contributed by atoms with Gasteiger partial charge in [0, 0.05) is 19.7 Å². The van der Waals surface area contributed by atoms with Crippen molar-refractivity contribution in [2.75, 3.05) is 14.1 Å². The van der Waals surface area contributed by atoms with Crippen LogP contribution in [0.25, 0.3) is 10.8 Å². The van der Waals surface area contributed by atoms with Crippen molar-refractivity contribution in [3.63, 3.8) is 0 Å². The molecule has 0 unspecified atom stereocenters. The molecule has 0 N–H and O–H groups in total. The summed E-state index contributed by atoms with van der Waals surface area (Å²) in [5.74, 6) is 0.572. The zero-order valence-corrected chi connectivity index (χ0v) is 11.4. The zero-order chi connectivity index (χ0) is 13.3. The van der Waals surface area contributed by atoms with Crippen LogP contribution in [0.4, 0.5) is 0 Å². The van der Waals surface area contributed by atoms with E-state index in [1.807, 2.05) is 18.2 Å². The predicted octanol–water partition coefficient (Wildman–Crippen LogP) is 3.67. The highest BCUT2D eigenvalue weighted by atomic mass is 16.2. The minimum Gasteiger partial charge on any atom is -0.345 e. The number of hydrogen-bond donors (Lipinski definition) is 0. The maximum atomic E-state index is 11.9. The highest BCUT2D eigenvalue weighted by Crippen LogP contribution is 2.22. The summed E-state index contributed by atoms with van der Waals surface area (Å²) in [5.41, 5.74) is 2.07. The predicted molar refractivity (Wildman–Crippen MR) is 76.1 cm³/mol. The van der Waals surface area contributed by atoms with Gasteiger partial charge in [-0.15, -0.1) is 0 Å². The van der Waals surface area contributed by atoms with Crippen LogP contribution in [0.1, 0.15) is 35.7 Å². The smallest absolute Gasteiger partial charge is 0.253 e. The van der Waals surface area contributed by atoms with Crippen LogP contribution in [-0.2, 0) is 0 Å². The minimum absolute atomic E-state index is 0.0461. The molecule has 1 amide bonds. The largest absolute Gasteiger partial charge is 0.345 e. The van der Waals surface area contributed by atoms with E-state index < -0.39 is 0 Å². The van der Waals surface area contributed by atoms with Gasteiger partial charge in [0.2, 0.25) is 0 Å². The van der Waals surface area contributed by atoms with Crippen LogP contribution in [-0.4, -0.2) is 24.9 Å². The normalized spacial score (nSPS) is 10.9. The molecule has 0 aliphatic carbocycles. The first-order chi connectivity index (χ1) is 8.49. The van der Waals surface area contributed by atoms with Gasteiger partial charge in [-0.05, 0) is 34.4 Å². The molecule has 94 valence electrons. The van der Waals surface area contributed by atoms with Crippen LogP contribution in [0.3, 0.4) is 0 Å². The maximum Gasteiger partial charge on any atom is 0.253 e. The van der Waals surface area contributed by atoms with Crippen molar-refractivity contribution in [3.05, 3.63) is 47.5 Å². The van der Waals surface area contributed by atoms with Gasteiger partial charge >= 0.3 is 0 Å². The molecule has 0 aliphatic rings. The lowest BCUT2D eigenvalue weighted by Gasteiger charge is -2.11. The van der Waals surface area contributed by atoms with Gasteiger partial charge in [0.15, 0.2) is 0 Å². The number of rotatable bonds is 2. The summed E-state index contributed by atoms with van der Waals surface area (Å²) in [6.45, 7) is 4.37. The fourth-order valence-electron chi connectivity index (χ4n) is 2.01. The van der Waals surface area contributed by atoms with Crippen LogP contribution in [0, 0.1) is 0 Å². The summed E-state index contributed by atoms with van der Waals surface area (Å²) >= 11 is 0. The van der Waals surface area contributed by atoms with Gasteiger partial charge < -0.3 is 4.90 Å². The standard InChI is InChI=1S/C16H19NO/c1-11(2)12-5-6-14-10-15(16(18)17(3)4)8-7-13(14)9-12/h5-11H,1-4H3. The van der Waals surface area contributed by atoms with Crippen molar-refractivity contribution in [3.8, 4) is 0 Å². The van der Waals surface area contributed by atoms with E-state index in [9.17, 15) is 4.79 Å². The first kappa shape index (κ1) is 12.6. The average Bonchev–Trinajstić information content (AvgIpc) is 2.36. The van der Waals surface area contributed by atoms with Gasteiger partial charge in [-0.3, -0.25) is 4.79 Å². The summed E-state index contributed by atoms with van der Waals surface area (Å²) in [5, 5.41) is 2.31. The van der Waals surface area contributed by atoms with Gasteiger partial charge in [0.05, 0.1) is 0 Å². The molecule has 0 bridgehead atoms. The van der Waals surface area contributed by atoms with E-state index in [4.69, 9.17) is 0 Å². The second kappa shape index (κ2) is 4.81. The van der Waals surface area contributed by atoms with Crippen LogP contribution < -0.4 is 0 Å². The Morgan fingerprint density at radius 2 is 1.61 bits per heavy atom. The van der Waals surface area contributed by atoms with Crippen molar-refractivity contribution < 1.29 is 4.79 Å². The van der Waals surface area contributed by atoms with Gasteiger partial charge in [0.1, 0.15) is 0 Å². The van der Waals surface area contributed by atoms with E-state index >= 15 is 0 Å². The number of carbonyl (C=O) groups excluding carboxylic acids is 1. The number of carbonyl (C=O) groups is 1. The third kappa shape index (κ3) is 2.37. The van der Waals surface area contributed by atoms with E-state index in [1.54, 1.807) is 19.0 Å². The number of fused-ring (bicyclic) bond motifs is 1. The van der Waals surface area contributed by atoms with Crippen molar-refractivity contribution in [2.45, 2.75) is 19.8 Å². The summed E-state index contributed by atoms with van der Waals surface area (Å²) in [6.07, 6.45) is 0. The molecule has 0 radical (unpaired) electrons. The highest BCUT2D eigenvalue weighted by Gasteiger charge is 2.08. The Morgan fingerprint density at radius 3 is 2.22 bits per heavy atom. The number of hydrogen-bond acceptors (Lipinski definition) is 1. The van der Waals surface area contributed by atoms with Gasteiger partial charge in [-0.2, -0.15) is 0 Å². The molecule has 0 atom stereocenters. The maximum absolute atomic E-state index is 11.9. The fraction of sp³-hybridized carbons (Fsp3) is 0.312. The third-order valence-corrected chi connectivity index (χ3v) is 3.18. The monoisotopic (exact) mass is 241 g/mol. The number of nitrogens with zero attached hydrogens (tertiary/aromatic N) is 1.